The molecular weight excluding hydrogens is 421 g/mol. The first-order valence-corrected chi connectivity index (χ1v) is 7.73. The predicted molar refractivity (Wildman–Crippen MR) is 103 cm³/mol. The summed E-state index contributed by atoms with van der Waals surface area (Å²) >= 11 is 0. The predicted octanol–water partition coefficient (Wildman–Crippen LogP) is 2.17. The number of aliphatic hydroxyl groups excluding tert-OH is 1. The molecular formula is C16H24IN5O2. The summed E-state index contributed by atoms with van der Waals surface area (Å²) in [5.74, 6) is 1.73. The van der Waals surface area contributed by atoms with E-state index in [2.05, 4.69) is 25.8 Å². The third kappa shape index (κ3) is 6.83. The number of aliphatic imine (C=N–C) groups is 1. The Labute approximate surface area is 159 Å². The van der Waals surface area contributed by atoms with Crippen LogP contribution in [0.15, 0.2) is 39.8 Å². The molecule has 0 fully saturated rings. The van der Waals surface area contributed by atoms with Crippen LogP contribution in [0.3, 0.4) is 0 Å². The molecule has 1 heterocycles. The van der Waals surface area contributed by atoms with Gasteiger partial charge < -0.3 is 20.3 Å². The van der Waals surface area contributed by atoms with Crippen molar-refractivity contribution in [3.63, 3.8) is 0 Å². The van der Waals surface area contributed by atoms with Gasteiger partial charge in [0.15, 0.2) is 11.8 Å². The molecule has 0 radical (unpaired) electrons. The molecule has 3 N–H and O–H groups in total. The summed E-state index contributed by atoms with van der Waals surface area (Å²) in [7, 11) is 0. The van der Waals surface area contributed by atoms with Crippen molar-refractivity contribution in [1.29, 1.82) is 0 Å². The number of aliphatic hydroxyl groups is 1. The lowest BCUT2D eigenvalue weighted by atomic mass is 10.1. The van der Waals surface area contributed by atoms with Crippen LogP contribution < -0.4 is 10.6 Å². The summed E-state index contributed by atoms with van der Waals surface area (Å²) < 4.78 is 4.91. The van der Waals surface area contributed by atoms with Crippen molar-refractivity contribution < 1.29 is 9.63 Å². The summed E-state index contributed by atoms with van der Waals surface area (Å²) in [6.45, 7) is 5.43. The van der Waals surface area contributed by atoms with E-state index < -0.39 is 6.10 Å². The zero-order valence-electron chi connectivity index (χ0n) is 13.9. The van der Waals surface area contributed by atoms with Crippen molar-refractivity contribution in [2.24, 2.45) is 4.99 Å². The molecule has 0 aliphatic heterocycles. The quantitative estimate of drug-likeness (QED) is 0.344. The fourth-order valence-electron chi connectivity index (χ4n) is 2.07. The fourth-order valence-corrected chi connectivity index (χ4v) is 2.07. The number of aryl methyl sites for hydroxylation is 1. The van der Waals surface area contributed by atoms with Gasteiger partial charge in [0.05, 0.1) is 6.10 Å². The SMILES string of the molecule is CCNC(=NCc1noc(C)n1)NCCC(O)c1ccccc1.I. The van der Waals surface area contributed by atoms with Gasteiger partial charge >= 0.3 is 0 Å². The average Bonchev–Trinajstić information content (AvgIpc) is 2.99. The lowest BCUT2D eigenvalue weighted by Gasteiger charge is -2.14. The van der Waals surface area contributed by atoms with E-state index in [1.165, 1.54) is 0 Å². The first-order chi connectivity index (χ1) is 11.2. The second kappa shape index (κ2) is 11.0. The van der Waals surface area contributed by atoms with Gasteiger partial charge in [-0.1, -0.05) is 35.5 Å². The van der Waals surface area contributed by atoms with E-state index in [1.807, 2.05) is 37.3 Å². The molecule has 2 aromatic rings. The molecule has 132 valence electrons. The monoisotopic (exact) mass is 445 g/mol. The summed E-state index contributed by atoms with van der Waals surface area (Å²) in [6.07, 6.45) is 0.0990. The van der Waals surface area contributed by atoms with Crippen molar-refractivity contribution in [2.45, 2.75) is 32.9 Å². The molecule has 0 aliphatic rings. The molecule has 1 aromatic carbocycles. The van der Waals surface area contributed by atoms with Crippen LogP contribution in [0.1, 0.15) is 36.7 Å². The molecule has 24 heavy (non-hydrogen) atoms. The molecule has 0 saturated carbocycles. The third-order valence-corrected chi connectivity index (χ3v) is 3.19. The Morgan fingerprint density at radius 3 is 2.67 bits per heavy atom. The molecule has 1 aromatic heterocycles. The van der Waals surface area contributed by atoms with E-state index in [4.69, 9.17) is 4.52 Å². The van der Waals surface area contributed by atoms with Gasteiger partial charge in [-0.2, -0.15) is 4.98 Å². The third-order valence-electron chi connectivity index (χ3n) is 3.19. The molecule has 2 rings (SSSR count). The van der Waals surface area contributed by atoms with Gasteiger partial charge in [0.2, 0.25) is 5.89 Å². The standard InChI is InChI=1S/C16H23N5O2.HI/c1-3-17-16(19-11-15-20-12(2)23-21-15)18-10-9-14(22)13-7-5-4-6-8-13;/h4-8,14,22H,3,9-11H2,1-2H3,(H2,17,18,19);1H. The van der Waals surface area contributed by atoms with E-state index >= 15 is 0 Å². The molecule has 1 unspecified atom stereocenters. The van der Waals surface area contributed by atoms with Gasteiger partial charge in [0, 0.05) is 20.0 Å². The van der Waals surface area contributed by atoms with Gasteiger partial charge in [-0.15, -0.1) is 24.0 Å². The molecule has 1 atom stereocenters. The fraction of sp³-hybridized carbons (Fsp3) is 0.438. The molecule has 0 amide bonds. The maximum absolute atomic E-state index is 10.1. The average molecular weight is 445 g/mol. The first-order valence-electron chi connectivity index (χ1n) is 7.73. The number of benzene rings is 1. The van der Waals surface area contributed by atoms with E-state index in [9.17, 15) is 5.11 Å². The largest absolute Gasteiger partial charge is 0.388 e. The highest BCUT2D eigenvalue weighted by Gasteiger charge is 2.07. The van der Waals surface area contributed by atoms with Crippen LogP contribution in [0.2, 0.25) is 0 Å². The molecule has 0 bridgehead atoms. The first kappa shape index (κ1) is 20.4. The number of nitrogens with one attached hydrogen (secondary N) is 2. The molecule has 0 spiro atoms. The Hall–Kier alpha value is -1.68. The number of hydrogen-bond acceptors (Lipinski definition) is 5. The number of nitrogens with zero attached hydrogens (tertiary/aromatic N) is 3. The van der Waals surface area contributed by atoms with Crippen molar-refractivity contribution in [2.75, 3.05) is 13.1 Å². The van der Waals surface area contributed by atoms with Crippen LogP contribution in [-0.2, 0) is 6.54 Å². The van der Waals surface area contributed by atoms with E-state index in [-0.39, 0.29) is 24.0 Å². The maximum Gasteiger partial charge on any atom is 0.223 e. The Morgan fingerprint density at radius 1 is 1.29 bits per heavy atom. The van der Waals surface area contributed by atoms with Gasteiger partial charge in [0.25, 0.3) is 0 Å². The van der Waals surface area contributed by atoms with Crippen LogP contribution in [0.25, 0.3) is 0 Å². The minimum absolute atomic E-state index is 0. The highest BCUT2D eigenvalue weighted by atomic mass is 127. The van der Waals surface area contributed by atoms with Gasteiger partial charge in [0.1, 0.15) is 6.54 Å². The zero-order valence-corrected chi connectivity index (χ0v) is 16.2. The van der Waals surface area contributed by atoms with Crippen LogP contribution in [0.5, 0.6) is 0 Å². The smallest absolute Gasteiger partial charge is 0.223 e. The second-order valence-electron chi connectivity index (χ2n) is 5.07. The highest BCUT2D eigenvalue weighted by Crippen LogP contribution is 2.14. The second-order valence-corrected chi connectivity index (χ2v) is 5.07. The van der Waals surface area contributed by atoms with Gasteiger partial charge in [-0.05, 0) is 18.9 Å². The Morgan fingerprint density at radius 2 is 2.04 bits per heavy atom. The molecule has 0 aliphatic carbocycles. The van der Waals surface area contributed by atoms with Crippen molar-refractivity contribution in [3.05, 3.63) is 47.6 Å². The zero-order chi connectivity index (χ0) is 16.5. The highest BCUT2D eigenvalue weighted by molar-refractivity contribution is 14.0. The van der Waals surface area contributed by atoms with Crippen LogP contribution in [-0.4, -0.2) is 34.3 Å². The van der Waals surface area contributed by atoms with E-state index in [0.717, 1.165) is 12.1 Å². The van der Waals surface area contributed by atoms with Gasteiger partial charge in [-0.3, -0.25) is 0 Å². The Bertz CT molecular complexity index is 618. The molecule has 8 heteroatoms. The minimum atomic E-state index is -0.494. The topological polar surface area (TPSA) is 95.6 Å². The Kier molecular flexibility index (Phi) is 9.31. The summed E-state index contributed by atoms with van der Waals surface area (Å²) in [5, 5.41) is 20.3. The van der Waals surface area contributed by atoms with E-state index in [0.29, 0.717) is 37.2 Å². The lowest BCUT2D eigenvalue weighted by Crippen LogP contribution is -2.38. The number of hydrogen-bond donors (Lipinski definition) is 3. The summed E-state index contributed by atoms with van der Waals surface area (Å²) in [5.41, 5.74) is 0.915. The van der Waals surface area contributed by atoms with Crippen LogP contribution in [0, 0.1) is 6.92 Å². The van der Waals surface area contributed by atoms with Crippen molar-refractivity contribution in [3.8, 4) is 0 Å². The Balaban J connectivity index is 0.00000288. The number of rotatable bonds is 7. The van der Waals surface area contributed by atoms with Crippen molar-refractivity contribution >= 4 is 29.9 Å². The van der Waals surface area contributed by atoms with Crippen molar-refractivity contribution in [1.82, 2.24) is 20.8 Å². The molecule has 0 saturated heterocycles. The minimum Gasteiger partial charge on any atom is -0.388 e. The maximum atomic E-state index is 10.1. The summed E-state index contributed by atoms with van der Waals surface area (Å²) in [4.78, 5) is 8.50. The summed E-state index contributed by atoms with van der Waals surface area (Å²) in [6, 6.07) is 9.62. The number of guanidine groups is 1. The van der Waals surface area contributed by atoms with Gasteiger partial charge in [-0.25, -0.2) is 4.99 Å². The van der Waals surface area contributed by atoms with Crippen LogP contribution >= 0.6 is 24.0 Å². The normalized spacial score (nSPS) is 12.4. The number of halogens is 1. The molecule has 7 nitrogen and oxygen atoms in total. The van der Waals surface area contributed by atoms with E-state index in [1.54, 1.807) is 6.92 Å². The van der Waals surface area contributed by atoms with Crippen LogP contribution in [0.4, 0.5) is 0 Å². The lowest BCUT2D eigenvalue weighted by molar-refractivity contribution is 0.168. The number of aromatic nitrogens is 2.